The average Bonchev–Trinajstić information content (AvgIpc) is 1.33. The Balaban J connectivity index is -0.0000000575. The van der Waals surface area contributed by atoms with E-state index < -0.39 is 5.09 Å². The molecule has 0 fully saturated rings. The van der Waals surface area contributed by atoms with Crippen LogP contribution in [0.15, 0.2) is 0 Å². The summed E-state index contributed by atoms with van der Waals surface area (Å²) >= 11 is 0. The molecule has 0 aliphatic carbocycles. The van der Waals surface area contributed by atoms with E-state index in [2.05, 4.69) is 0 Å². The van der Waals surface area contributed by atoms with Gasteiger partial charge < -0.3 is 15.3 Å². The topological polar surface area (TPSA) is 120 Å². The Hall–Kier alpha value is -0.478. The molecule has 0 aliphatic rings. The molecular formula is HN2O5Tl. The van der Waals surface area contributed by atoms with Crippen LogP contribution in [0.4, 0.5) is 0 Å². The molecule has 7 nitrogen and oxygen atoms in total. The number of hydrogen-bond donors (Lipinski definition) is 1. The maximum Gasteiger partial charge on any atom is 1.00 e. The second-order valence-electron chi connectivity index (χ2n) is 0.307. The van der Waals surface area contributed by atoms with Crippen LogP contribution in [-0.4, -0.2) is 32.4 Å². The third-order valence-electron chi connectivity index (χ3n) is 0. The zero-order chi connectivity index (χ0) is 6.28. The molecule has 0 unspecified atom stereocenters. The molecule has 44 valence electrons. The summed E-state index contributed by atoms with van der Waals surface area (Å²) < 4.78 is 0. The Bertz CT molecular complexity index is 57.4. The monoisotopic (exact) mass is 314 g/mol. The van der Waals surface area contributed by atoms with Gasteiger partial charge in [0.15, 0.2) is 0 Å². The molecule has 0 spiro atoms. The van der Waals surface area contributed by atoms with Crippen molar-refractivity contribution in [1.29, 1.82) is 0 Å². The summed E-state index contributed by atoms with van der Waals surface area (Å²) in [5.74, 6) is 0. The summed E-state index contributed by atoms with van der Waals surface area (Å²) in [4.78, 5) is 16.4. The molecule has 0 aromatic carbocycles. The second kappa shape index (κ2) is 16.0. The first-order valence-electron chi connectivity index (χ1n) is 0.956. The van der Waals surface area contributed by atoms with E-state index in [0.29, 0.717) is 0 Å². The summed E-state index contributed by atoms with van der Waals surface area (Å²) in [5.41, 5.74) is 0. The Morgan fingerprint density at radius 1 is 1.38 bits per heavy atom. The van der Waals surface area contributed by atoms with Crippen LogP contribution < -0.4 is 5.34 Å². The summed E-state index contributed by atoms with van der Waals surface area (Å²) in [6, 6.07) is 0. The Morgan fingerprint density at radius 3 is 1.38 bits per heavy atom. The summed E-state index contributed by atoms with van der Waals surface area (Å²) in [6.07, 6.45) is 0. The van der Waals surface area contributed by atoms with Crippen LogP contribution in [0.25, 0.3) is 0 Å². The van der Waals surface area contributed by atoms with E-state index in [1.54, 1.807) is 0 Å². The minimum atomic E-state index is -1.75. The summed E-state index contributed by atoms with van der Waals surface area (Å²) in [5, 5.41) is 23.1. The predicted molar refractivity (Wildman–Crippen MR) is 23.8 cm³/mol. The van der Waals surface area contributed by atoms with Crippen molar-refractivity contribution in [2.75, 3.05) is 0 Å². The van der Waals surface area contributed by atoms with Crippen molar-refractivity contribution < 1.29 is 10.4 Å². The van der Waals surface area contributed by atoms with Gasteiger partial charge in [-0.2, -0.15) is 0 Å². The number of nitrogens with one attached hydrogen (secondary N) is 1. The van der Waals surface area contributed by atoms with Gasteiger partial charge >= 0.3 is 27.3 Å². The molecule has 0 saturated heterocycles. The van der Waals surface area contributed by atoms with Gasteiger partial charge in [-0.05, 0) is 0 Å². The zero-order valence-corrected chi connectivity index (χ0v) is 8.05. The molecule has 0 atom stereocenters. The van der Waals surface area contributed by atoms with E-state index in [-0.39, 0.29) is 32.6 Å². The fraction of sp³-hybridized carbons (Fsp3) is 0. The molecule has 0 heterocycles. The molecule has 0 radical (unpaired) electrons. The van der Waals surface area contributed by atoms with Crippen LogP contribution in [0.2, 0.25) is 0 Å². The fourth-order valence-electron chi connectivity index (χ4n) is 0. The molecule has 0 aromatic heterocycles. The van der Waals surface area contributed by atoms with Crippen LogP contribution in [0, 0.1) is 25.4 Å². The van der Waals surface area contributed by atoms with Gasteiger partial charge in [-0.15, -0.1) is 0 Å². The van der Waals surface area contributed by atoms with Crippen molar-refractivity contribution in [2.24, 2.45) is 0 Å². The molecule has 0 aliphatic heterocycles. The van der Waals surface area contributed by atoms with E-state index in [1.165, 1.54) is 0 Å². The van der Waals surface area contributed by atoms with E-state index in [4.69, 9.17) is 25.4 Å². The van der Waals surface area contributed by atoms with Crippen molar-refractivity contribution in [2.45, 2.75) is 0 Å². The maximum atomic E-state index is 8.25. The molecule has 1 N–H and O–H groups in total. The number of nitrogens with zero attached hydrogens (tertiary/aromatic N) is 1. The molecule has 0 bridgehead atoms. The fourth-order valence-corrected chi connectivity index (χ4v) is 0. The van der Waals surface area contributed by atoms with Crippen molar-refractivity contribution >= 4 is 27.3 Å². The average molecular weight is 313 g/mol. The third-order valence-corrected chi connectivity index (χ3v) is 0. The van der Waals surface area contributed by atoms with Gasteiger partial charge in [0, 0.05) is 5.34 Å². The van der Waals surface area contributed by atoms with Gasteiger partial charge in [0.05, 0.1) is 5.09 Å². The predicted octanol–water partition coefficient (Wildman–Crippen LogP) is -2.29. The van der Waals surface area contributed by atoms with Crippen LogP contribution in [0.5, 0.6) is 0 Å². The first-order valence-corrected chi connectivity index (χ1v) is 0.956. The largest absolute Gasteiger partial charge is 1.00 e. The summed E-state index contributed by atoms with van der Waals surface area (Å²) in [7, 11) is 0. The molecule has 8 heavy (non-hydrogen) atoms. The first kappa shape index (κ1) is 15.6. The van der Waals surface area contributed by atoms with E-state index in [9.17, 15) is 0 Å². The third kappa shape index (κ3) is 494. The standard InChI is InChI=1S/NO3.HNO2.Tl/c2-1(3)4;2-1-3;/h;1H;/q-1;;+1. The molecule has 0 rings (SSSR count). The van der Waals surface area contributed by atoms with Gasteiger partial charge in [0.2, 0.25) is 0 Å². The minimum absolute atomic E-state index is 0. The minimum Gasteiger partial charge on any atom is -0.356 e. The Labute approximate surface area is 63.5 Å². The molecule has 0 aromatic rings. The normalized spacial score (nSPS) is 4.50. The SMILES string of the molecule is O=[N+]([O-])[O-].O=[NH+][O-].[Tl+]. The first-order chi connectivity index (χ1) is 3.15. The van der Waals surface area contributed by atoms with E-state index in [0.717, 1.165) is 0 Å². The Kier molecular flexibility index (Phi) is 31.4. The van der Waals surface area contributed by atoms with Crippen LogP contribution in [-0.2, 0) is 0 Å². The molecule has 8 heteroatoms. The van der Waals surface area contributed by atoms with Crippen LogP contribution >= 0.6 is 0 Å². The van der Waals surface area contributed by atoms with Gasteiger partial charge in [-0.3, -0.25) is 10.1 Å². The maximum absolute atomic E-state index is 8.25. The van der Waals surface area contributed by atoms with Gasteiger partial charge in [-0.1, -0.05) is 0 Å². The van der Waals surface area contributed by atoms with Gasteiger partial charge in [-0.25, -0.2) is 0 Å². The number of hydrogen-bond acceptors (Lipinski definition) is 5. The smallest absolute Gasteiger partial charge is 0.356 e. The van der Waals surface area contributed by atoms with Crippen molar-refractivity contribution in [3.8, 4) is 0 Å². The quantitative estimate of drug-likeness (QED) is 0.307. The second-order valence-corrected chi connectivity index (χ2v) is 0.307. The molecule has 0 amide bonds. The van der Waals surface area contributed by atoms with Gasteiger partial charge in [0.1, 0.15) is 0 Å². The van der Waals surface area contributed by atoms with Crippen LogP contribution in [0.1, 0.15) is 0 Å². The molecule has 0 saturated carbocycles. The van der Waals surface area contributed by atoms with Crippen molar-refractivity contribution in [1.82, 2.24) is 0 Å². The van der Waals surface area contributed by atoms with E-state index in [1.807, 2.05) is 0 Å². The summed E-state index contributed by atoms with van der Waals surface area (Å²) in [6.45, 7) is 0. The van der Waals surface area contributed by atoms with Crippen molar-refractivity contribution in [3.05, 3.63) is 25.4 Å². The van der Waals surface area contributed by atoms with Crippen molar-refractivity contribution in [3.63, 3.8) is 0 Å². The van der Waals surface area contributed by atoms with Crippen LogP contribution in [0.3, 0.4) is 0 Å². The zero-order valence-electron chi connectivity index (χ0n) is 3.57. The van der Waals surface area contributed by atoms with E-state index >= 15 is 0 Å². The molecular weight excluding hydrogens is 312 g/mol. The van der Waals surface area contributed by atoms with Gasteiger partial charge in [0.25, 0.3) is 0 Å². The number of rotatable bonds is 0. The Morgan fingerprint density at radius 2 is 1.38 bits per heavy atom.